The van der Waals surface area contributed by atoms with Crippen molar-refractivity contribution in [2.45, 2.75) is 39.2 Å². The summed E-state index contributed by atoms with van der Waals surface area (Å²) in [7, 11) is -3.15. The van der Waals surface area contributed by atoms with E-state index in [4.69, 9.17) is 24.2 Å². The average Bonchev–Trinajstić information content (AvgIpc) is 3.41. The largest absolute Gasteiger partial charge is 0.494 e. The molecule has 2 saturated heterocycles. The fourth-order valence-corrected chi connectivity index (χ4v) is 7.25. The molecule has 234 valence electrons. The van der Waals surface area contributed by atoms with E-state index in [0.717, 1.165) is 66.2 Å². The first-order valence-corrected chi connectivity index (χ1v) is 17.7. The Morgan fingerprint density at radius 2 is 1.74 bits per heavy atom. The van der Waals surface area contributed by atoms with Gasteiger partial charge in [-0.1, -0.05) is 0 Å². The third-order valence-corrected chi connectivity index (χ3v) is 10.0. The van der Waals surface area contributed by atoms with Crippen LogP contribution in [0.4, 0.5) is 5.82 Å². The van der Waals surface area contributed by atoms with Crippen molar-refractivity contribution < 1.29 is 27.4 Å². The maximum atomic E-state index is 11.9. The number of ether oxygens (including phenoxy) is 3. The zero-order valence-corrected chi connectivity index (χ0v) is 26.6. The van der Waals surface area contributed by atoms with Crippen LogP contribution in [0.1, 0.15) is 37.5 Å². The zero-order valence-electron chi connectivity index (χ0n) is 25.0. The number of anilines is 1. The van der Waals surface area contributed by atoms with Gasteiger partial charge in [-0.2, -0.15) is 4.31 Å². The molecule has 0 N–H and O–H groups in total. The van der Waals surface area contributed by atoms with Crippen LogP contribution in [-0.4, -0.2) is 106 Å². The predicted octanol–water partition coefficient (Wildman–Crippen LogP) is 3.77. The lowest BCUT2D eigenvalue weighted by Gasteiger charge is -2.32. The Hall–Kier alpha value is -2.84. The molecule has 2 aliphatic rings. The molecule has 11 nitrogen and oxygen atoms in total. The van der Waals surface area contributed by atoms with E-state index in [0.29, 0.717) is 64.9 Å². The summed E-state index contributed by atoms with van der Waals surface area (Å²) in [5.74, 6) is 2.26. The minimum atomic E-state index is -3.15. The molecule has 43 heavy (non-hydrogen) atoms. The molecule has 0 unspecified atom stereocenters. The quantitative estimate of drug-likeness (QED) is 0.204. The summed E-state index contributed by atoms with van der Waals surface area (Å²) >= 11 is 1.72. The lowest BCUT2D eigenvalue weighted by atomic mass is 10.2. The maximum absolute atomic E-state index is 11.9. The monoisotopic (exact) mass is 631 g/mol. The number of esters is 1. The van der Waals surface area contributed by atoms with E-state index < -0.39 is 10.0 Å². The highest BCUT2D eigenvalue weighted by atomic mass is 32.2. The first kappa shape index (κ1) is 31.6. The smallest absolute Gasteiger partial charge is 0.305 e. The molecule has 2 fully saturated rings. The molecule has 0 saturated carbocycles. The summed E-state index contributed by atoms with van der Waals surface area (Å²) in [5, 5.41) is 0. The molecule has 2 aromatic heterocycles. The van der Waals surface area contributed by atoms with Crippen LogP contribution in [0.25, 0.3) is 21.6 Å². The number of benzene rings is 1. The highest BCUT2D eigenvalue weighted by Crippen LogP contribution is 2.35. The number of carbonyl (C=O) groups is 1. The molecule has 2 aliphatic heterocycles. The van der Waals surface area contributed by atoms with Gasteiger partial charge in [0, 0.05) is 62.7 Å². The maximum Gasteiger partial charge on any atom is 0.305 e. The zero-order chi connectivity index (χ0) is 30.2. The summed E-state index contributed by atoms with van der Waals surface area (Å²) in [6.45, 7) is 8.91. The number of rotatable bonds is 13. The van der Waals surface area contributed by atoms with Crippen molar-refractivity contribution in [2.75, 3.05) is 76.9 Å². The van der Waals surface area contributed by atoms with Gasteiger partial charge in [0.1, 0.15) is 5.75 Å². The molecular formula is C30H41N5O6S2. The van der Waals surface area contributed by atoms with Gasteiger partial charge in [-0.25, -0.2) is 18.4 Å². The molecule has 5 rings (SSSR count). The number of aromatic nitrogens is 2. The molecule has 0 aliphatic carbocycles. The van der Waals surface area contributed by atoms with E-state index in [9.17, 15) is 13.2 Å². The van der Waals surface area contributed by atoms with Crippen LogP contribution in [0.15, 0.2) is 30.3 Å². The van der Waals surface area contributed by atoms with Gasteiger partial charge >= 0.3 is 5.97 Å². The highest BCUT2D eigenvalue weighted by molar-refractivity contribution is 7.88. The third-order valence-electron chi connectivity index (χ3n) is 7.61. The fourth-order valence-electron chi connectivity index (χ4n) is 5.27. The van der Waals surface area contributed by atoms with Crippen LogP contribution < -0.4 is 9.64 Å². The van der Waals surface area contributed by atoms with E-state index in [1.807, 2.05) is 31.2 Å². The van der Waals surface area contributed by atoms with E-state index in [2.05, 4.69) is 15.9 Å². The second kappa shape index (κ2) is 14.8. The van der Waals surface area contributed by atoms with Crippen LogP contribution in [0, 0.1) is 0 Å². The Labute approximate surface area is 257 Å². The number of carbonyl (C=O) groups excluding carboxylic acids is 1. The number of fused-ring (bicyclic) bond motifs is 1. The number of hydrogen-bond donors (Lipinski definition) is 0. The molecule has 4 heterocycles. The number of sulfonamides is 1. The molecule has 0 bridgehead atoms. The summed E-state index contributed by atoms with van der Waals surface area (Å²) in [6, 6.07) is 10.0. The summed E-state index contributed by atoms with van der Waals surface area (Å²) in [5.41, 5.74) is 1.84. The molecule has 0 amide bonds. The first-order chi connectivity index (χ1) is 20.8. The SMILES string of the molecule is CCOC(=O)CCCCCOc1ccc(-c2nc(N3CCOCC3)c3sc(CN4CCN(S(C)(=O)=O)CC4)cc3n2)cc1. The van der Waals surface area contributed by atoms with Crippen molar-refractivity contribution in [3.63, 3.8) is 0 Å². The van der Waals surface area contributed by atoms with Crippen molar-refractivity contribution >= 4 is 43.4 Å². The Balaban J connectivity index is 1.26. The van der Waals surface area contributed by atoms with Gasteiger partial charge in [0.05, 0.1) is 42.9 Å². The summed E-state index contributed by atoms with van der Waals surface area (Å²) < 4.78 is 42.9. The standard InChI is InChI=1S/C30H41N5O6S2/c1-3-40-27(36)7-5-4-6-18-41-24-10-8-23(9-11-24)29-31-26-21-25(22-33-12-14-35(15-13-33)43(2,37)38)42-28(26)30(32-29)34-16-19-39-20-17-34/h8-11,21H,3-7,12-20,22H2,1-2H3. The van der Waals surface area contributed by atoms with Gasteiger partial charge in [0.2, 0.25) is 10.0 Å². The third kappa shape index (κ3) is 8.63. The van der Waals surface area contributed by atoms with Crippen molar-refractivity contribution in [1.82, 2.24) is 19.2 Å². The topological polar surface area (TPSA) is 114 Å². The van der Waals surface area contributed by atoms with Crippen molar-refractivity contribution in [3.05, 3.63) is 35.2 Å². The Bertz CT molecular complexity index is 1470. The number of hydrogen-bond acceptors (Lipinski definition) is 11. The Morgan fingerprint density at radius 1 is 1.00 bits per heavy atom. The highest BCUT2D eigenvalue weighted by Gasteiger charge is 2.25. The number of thiophene rings is 1. The molecule has 13 heteroatoms. The number of morpholine rings is 1. The van der Waals surface area contributed by atoms with Crippen molar-refractivity contribution in [2.24, 2.45) is 0 Å². The Morgan fingerprint density at radius 3 is 2.44 bits per heavy atom. The molecule has 0 radical (unpaired) electrons. The van der Waals surface area contributed by atoms with E-state index >= 15 is 0 Å². The lowest BCUT2D eigenvalue weighted by Crippen LogP contribution is -2.47. The molecular weight excluding hydrogens is 590 g/mol. The lowest BCUT2D eigenvalue weighted by molar-refractivity contribution is -0.143. The van der Waals surface area contributed by atoms with E-state index in [1.165, 1.54) is 11.1 Å². The fraction of sp³-hybridized carbons (Fsp3) is 0.567. The minimum Gasteiger partial charge on any atom is -0.494 e. The molecule has 0 spiro atoms. The van der Waals surface area contributed by atoms with Crippen LogP contribution >= 0.6 is 11.3 Å². The van der Waals surface area contributed by atoms with Crippen LogP contribution in [0.5, 0.6) is 5.75 Å². The average molecular weight is 632 g/mol. The van der Waals surface area contributed by atoms with Crippen LogP contribution in [-0.2, 0) is 30.8 Å². The van der Waals surface area contributed by atoms with Crippen molar-refractivity contribution in [1.29, 1.82) is 0 Å². The number of nitrogens with zero attached hydrogens (tertiary/aromatic N) is 5. The van der Waals surface area contributed by atoms with Gasteiger partial charge in [-0.05, 0) is 56.5 Å². The van der Waals surface area contributed by atoms with Gasteiger partial charge in [-0.3, -0.25) is 9.69 Å². The first-order valence-electron chi connectivity index (χ1n) is 15.0. The molecule has 1 aromatic carbocycles. The number of unbranched alkanes of at least 4 members (excludes halogenated alkanes) is 2. The minimum absolute atomic E-state index is 0.139. The van der Waals surface area contributed by atoms with E-state index in [-0.39, 0.29) is 5.97 Å². The van der Waals surface area contributed by atoms with Gasteiger partial charge in [-0.15, -0.1) is 11.3 Å². The second-order valence-corrected chi connectivity index (χ2v) is 13.9. The van der Waals surface area contributed by atoms with Gasteiger partial charge in [0.25, 0.3) is 0 Å². The van der Waals surface area contributed by atoms with Crippen molar-refractivity contribution in [3.8, 4) is 17.1 Å². The summed E-state index contributed by atoms with van der Waals surface area (Å²) in [6.07, 6.45) is 4.31. The number of piperazine rings is 1. The van der Waals surface area contributed by atoms with Gasteiger partial charge < -0.3 is 19.1 Å². The summed E-state index contributed by atoms with van der Waals surface area (Å²) in [4.78, 5) is 27.2. The van der Waals surface area contributed by atoms with E-state index in [1.54, 1.807) is 15.6 Å². The Kier molecular flexibility index (Phi) is 10.8. The van der Waals surface area contributed by atoms with Gasteiger partial charge in [0.15, 0.2) is 11.6 Å². The van der Waals surface area contributed by atoms with Crippen LogP contribution in [0.3, 0.4) is 0 Å². The molecule has 3 aromatic rings. The second-order valence-electron chi connectivity index (χ2n) is 10.8. The normalized spacial score (nSPS) is 16.9. The van der Waals surface area contributed by atoms with Crippen LogP contribution in [0.2, 0.25) is 0 Å². The predicted molar refractivity (Wildman–Crippen MR) is 168 cm³/mol. The molecule has 0 atom stereocenters.